The molecule has 3 aromatic rings. The van der Waals surface area contributed by atoms with Gasteiger partial charge in [-0.25, -0.2) is 4.98 Å². The topological polar surface area (TPSA) is 98.9 Å². The second kappa shape index (κ2) is 10.9. The highest BCUT2D eigenvalue weighted by molar-refractivity contribution is 14.1. The van der Waals surface area contributed by atoms with Gasteiger partial charge in [-0.2, -0.15) is 5.10 Å². The van der Waals surface area contributed by atoms with Crippen molar-refractivity contribution in [3.8, 4) is 11.5 Å². The number of hydrogen-bond donors (Lipinski definition) is 1. The fourth-order valence-electron chi connectivity index (χ4n) is 2.60. The Labute approximate surface area is 197 Å². The van der Waals surface area contributed by atoms with Crippen molar-refractivity contribution in [2.45, 2.75) is 13.5 Å². The van der Waals surface area contributed by atoms with Crippen LogP contribution in [0.4, 0.5) is 11.5 Å². The number of aromatic nitrogens is 1. The summed E-state index contributed by atoms with van der Waals surface area (Å²) in [6.07, 6.45) is 2.99. The summed E-state index contributed by atoms with van der Waals surface area (Å²) in [5.74, 6) is 1.27. The molecule has 0 amide bonds. The molecule has 0 aliphatic rings. The maximum Gasteiger partial charge on any atom is 0.313 e. The molecule has 0 saturated heterocycles. The smallest absolute Gasteiger partial charge is 0.313 e. The van der Waals surface area contributed by atoms with Gasteiger partial charge >= 0.3 is 5.69 Å². The lowest BCUT2D eigenvalue weighted by molar-refractivity contribution is -0.384. The zero-order valence-electron chi connectivity index (χ0n) is 16.4. The van der Waals surface area contributed by atoms with Crippen molar-refractivity contribution in [1.82, 2.24) is 4.98 Å². The Morgan fingerprint density at radius 3 is 2.74 bits per heavy atom. The molecule has 1 N–H and O–H groups in total. The maximum atomic E-state index is 11.1. The van der Waals surface area contributed by atoms with E-state index < -0.39 is 4.92 Å². The van der Waals surface area contributed by atoms with E-state index in [1.807, 2.05) is 37.3 Å². The second-order valence-electron chi connectivity index (χ2n) is 6.18. The summed E-state index contributed by atoms with van der Waals surface area (Å²) in [4.78, 5) is 14.5. The van der Waals surface area contributed by atoms with Crippen molar-refractivity contribution in [1.29, 1.82) is 0 Å². The highest BCUT2D eigenvalue weighted by Crippen LogP contribution is 2.34. The van der Waals surface area contributed by atoms with Crippen LogP contribution in [0.15, 0.2) is 59.8 Å². The molecule has 0 saturated carbocycles. The summed E-state index contributed by atoms with van der Waals surface area (Å²) in [5, 5.41) is 15.8. The van der Waals surface area contributed by atoms with Gasteiger partial charge in [0.1, 0.15) is 6.61 Å². The first-order valence-corrected chi connectivity index (χ1v) is 10.7. The summed E-state index contributed by atoms with van der Waals surface area (Å²) in [6, 6.07) is 13.9. The van der Waals surface area contributed by atoms with Gasteiger partial charge in [0.25, 0.3) is 0 Å². The number of ether oxygens (including phenoxy) is 2. The third-order valence-corrected chi connectivity index (χ3v) is 5.05. The van der Waals surface area contributed by atoms with Gasteiger partial charge in [-0.3, -0.25) is 15.5 Å². The largest absolute Gasteiger partial charge is 0.490 e. The fraction of sp³-hybridized carbons (Fsp3) is 0.143. The molecule has 10 heteroatoms. The van der Waals surface area contributed by atoms with Crippen molar-refractivity contribution in [3.63, 3.8) is 0 Å². The average molecular weight is 553 g/mol. The van der Waals surface area contributed by atoms with E-state index in [1.54, 1.807) is 6.07 Å². The van der Waals surface area contributed by atoms with E-state index in [-0.39, 0.29) is 11.5 Å². The molecule has 0 spiro atoms. The second-order valence-corrected chi connectivity index (χ2v) is 7.78. The molecule has 0 atom stereocenters. The van der Waals surface area contributed by atoms with Crippen molar-refractivity contribution in [3.05, 3.63) is 84.6 Å². The van der Waals surface area contributed by atoms with Gasteiger partial charge < -0.3 is 9.47 Å². The van der Waals surface area contributed by atoms with Crippen LogP contribution in [0.5, 0.6) is 11.5 Å². The quantitative estimate of drug-likeness (QED) is 0.159. The molecule has 0 unspecified atom stereocenters. The molecule has 0 radical (unpaired) electrons. The number of rotatable bonds is 9. The van der Waals surface area contributed by atoms with E-state index in [4.69, 9.17) is 21.1 Å². The van der Waals surface area contributed by atoms with Crippen LogP contribution in [0.25, 0.3) is 0 Å². The summed E-state index contributed by atoms with van der Waals surface area (Å²) < 4.78 is 12.6. The lowest BCUT2D eigenvalue weighted by atomic mass is 10.2. The minimum Gasteiger partial charge on any atom is -0.490 e. The Kier molecular flexibility index (Phi) is 8.01. The molecule has 1 heterocycles. The van der Waals surface area contributed by atoms with E-state index in [1.165, 1.54) is 24.5 Å². The van der Waals surface area contributed by atoms with Gasteiger partial charge in [-0.05, 0) is 71.0 Å². The predicted molar refractivity (Wildman–Crippen MR) is 128 cm³/mol. The van der Waals surface area contributed by atoms with Gasteiger partial charge in [0, 0.05) is 17.3 Å². The molecule has 0 aliphatic heterocycles. The number of nitro groups is 1. The first-order valence-electron chi connectivity index (χ1n) is 9.20. The highest BCUT2D eigenvalue weighted by Gasteiger charge is 2.14. The number of hydrazone groups is 1. The van der Waals surface area contributed by atoms with Crippen molar-refractivity contribution in [2.75, 3.05) is 12.0 Å². The minimum absolute atomic E-state index is 0.0615. The third kappa shape index (κ3) is 6.28. The first-order chi connectivity index (χ1) is 15.0. The van der Waals surface area contributed by atoms with Crippen LogP contribution in [0.1, 0.15) is 18.1 Å². The molecule has 3 rings (SSSR count). The molecule has 0 fully saturated rings. The van der Waals surface area contributed by atoms with Crippen LogP contribution in [0, 0.1) is 13.7 Å². The number of nitrogens with zero attached hydrogens (tertiary/aromatic N) is 3. The Balaban J connectivity index is 1.77. The van der Waals surface area contributed by atoms with Crippen molar-refractivity contribution in [2.24, 2.45) is 5.10 Å². The SMILES string of the molecule is CCOc1cc(/C=N\Nc2ncccc2[N+](=O)[O-])cc(I)c1OCc1ccc(Cl)cc1. The van der Waals surface area contributed by atoms with E-state index in [0.29, 0.717) is 29.7 Å². The lowest BCUT2D eigenvalue weighted by Crippen LogP contribution is -2.03. The monoisotopic (exact) mass is 552 g/mol. The van der Waals surface area contributed by atoms with E-state index in [2.05, 4.69) is 38.1 Å². The molecule has 2 aromatic carbocycles. The first kappa shape index (κ1) is 22.8. The lowest BCUT2D eigenvalue weighted by Gasteiger charge is -2.15. The molecule has 8 nitrogen and oxygen atoms in total. The van der Waals surface area contributed by atoms with Crippen LogP contribution >= 0.6 is 34.2 Å². The zero-order chi connectivity index (χ0) is 22.2. The summed E-state index contributed by atoms with van der Waals surface area (Å²) in [7, 11) is 0. The Bertz CT molecular complexity index is 1090. The maximum absolute atomic E-state index is 11.1. The van der Waals surface area contributed by atoms with Crippen molar-refractivity contribution < 1.29 is 14.4 Å². The summed E-state index contributed by atoms with van der Waals surface area (Å²) in [5.41, 5.74) is 4.17. The van der Waals surface area contributed by atoms with Crippen LogP contribution in [-0.4, -0.2) is 22.7 Å². The van der Waals surface area contributed by atoms with Crippen molar-refractivity contribution >= 4 is 51.9 Å². The number of benzene rings is 2. The zero-order valence-corrected chi connectivity index (χ0v) is 19.3. The Hall–Kier alpha value is -2.92. The van der Waals surface area contributed by atoms with Crippen LogP contribution in [0.3, 0.4) is 0 Å². The number of halogens is 2. The van der Waals surface area contributed by atoms with Gasteiger partial charge in [-0.1, -0.05) is 23.7 Å². The van der Waals surface area contributed by atoms with E-state index >= 15 is 0 Å². The molecule has 1 aromatic heterocycles. The van der Waals surface area contributed by atoms with Gasteiger partial charge in [0.2, 0.25) is 5.82 Å². The van der Waals surface area contributed by atoms with Crippen LogP contribution in [0.2, 0.25) is 5.02 Å². The number of anilines is 1. The normalized spacial score (nSPS) is 10.8. The van der Waals surface area contributed by atoms with Gasteiger partial charge in [-0.15, -0.1) is 0 Å². The van der Waals surface area contributed by atoms with E-state index in [0.717, 1.165) is 14.7 Å². The molecule has 160 valence electrons. The third-order valence-electron chi connectivity index (χ3n) is 4.00. The molecular formula is C21H18ClIN4O4. The van der Waals surface area contributed by atoms with E-state index in [9.17, 15) is 10.1 Å². The highest BCUT2D eigenvalue weighted by atomic mass is 127. The average Bonchev–Trinajstić information content (AvgIpc) is 2.75. The predicted octanol–water partition coefficient (Wildman–Crippen LogP) is 5.67. The number of nitrogens with one attached hydrogen (secondary N) is 1. The summed E-state index contributed by atoms with van der Waals surface area (Å²) >= 11 is 8.09. The number of hydrogen-bond acceptors (Lipinski definition) is 7. The fourth-order valence-corrected chi connectivity index (χ4v) is 3.51. The minimum atomic E-state index is -0.520. The van der Waals surface area contributed by atoms with Gasteiger partial charge in [0.15, 0.2) is 11.5 Å². The number of pyridine rings is 1. The standard InChI is InChI=1S/C21H18ClIN4O4/c1-2-30-19-11-15(12-25-26-21-18(27(28)29)4-3-9-24-21)10-17(23)20(19)31-13-14-5-7-16(22)8-6-14/h3-12H,2,13H2,1H3,(H,24,26)/b25-12-. The molecular weight excluding hydrogens is 535 g/mol. The molecule has 0 bridgehead atoms. The Morgan fingerprint density at radius 2 is 2.03 bits per heavy atom. The Morgan fingerprint density at radius 1 is 1.26 bits per heavy atom. The van der Waals surface area contributed by atoms with Crippen LogP contribution in [-0.2, 0) is 6.61 Å². The molecule has 31 heavy (non-hydrogen) atoms. The van der Waals surface area contributed by atoms with Crippen LogP contribution < -0.4 is 14.9 Å². The van der Waals surface area contributed by atoms with Gasteiger partial charge in [0.05, 0.1) is 21.3 Å². The molecule has 0 aliphatic carbocycles. The summed E-state index contributed by atoms with van der Waals surface area (Å²) in [6.45, 7) is 2.72.